The van der Waals surface area contributed by atoms with Gasteiger partial charge in [0.15, 0.2) is 0 Å². The van der Waals surface area contributed by atoms with Gasteiger partial charge >= 0.3 is 0 Å². The van der Waals surface area contributed by atoms with E-state index in [1.165, 1.54) is 6.33 Å². The molecule has 4 aromatic heterocycles. The van der Waals surface area contributed by atoms with Crippen LogP contribution >= 0.6 is 0 Å². The average molecular weight is 321 g/mol. The number of fused-ring (bicyclic) bond motifs is 3. The predicted octanol–water partition coefficient (Wildman–Crippen LogP) is 2.19. The molecule has 0 amide bonds. The Balaban J connectivity index is 1.90. The molecule has 0 unspecified atom stereocenters. The largest absolute Gasteiger partial charge is 0.480 e. The third-order valence-corrected chi connectivity index (χ3v) is 4.50. The molecule has 1 saturated carbocycles. The molecule has 0 atom stereocenters. The molecule has 1 fully saturated rings. The number of methoxy groups -OCH3 is 1. The second kappa shape index (κ2) is 4.73. The molecule has 5 rings (SSSR count). The molecule has 1 N–H and O–H groups in total. The Hall–Kier alpha value is -3.03. The van der Waals surface area contributed by atoms with Gasteiger partial charge < -0.3 is 9.72 Å². The Kier molecular flexibility index (Phi) is 2.64. The summed E-state index contributed by atoms with van der Waals surface area (Å²) in [5.41, 5.74) is 4.38. The zero-order valence-electron chi connectivity index (χ0n) is 13.3. The van der Waals surface area contributed by atoms with Crippen molar-refractivity contribution >= 4 is 22.1 Å². The van der Waals surface area contributed by atoms with Gasteiger partial charge in [-0.15, -0.1) is 0 Å². The minimum atomic E-state index is 0.454. The summed E-state index contributed by atoms with van der Waals surface area (Å²) < 4.78 is 7.34. The molecule has 1 aliphatic rings. The summed E-state index contributed by atoms with van der Waals surface area (Å²) in [4.78, 5) is 20.6. The van der Waals surface area contributed by atoms with Crippen LogP contribution < -0.4 is 4.74 Å². The molecular weight excluding hydrogens is 306 g/mol. The number of H-pyrrole nitrogens is 1. The Labute approximate surface area is 136 Å². The summed E-state index contributed by atoms with van der Waals surface area (Å²) in [6.07, 6.45) is 7.18. The van der Waals surface area contributed by atoms with Crippen LogP contribution in [0.25, 0.3) is 33.3 Å². The van der Waals surface area contributed by atoms with E-state index in [-0.39, 0.29) is 0 Å². The van der Waals surface area contributed by atoms with E-state index in [9.17, 15) is 0 Å². The molecule has 0 saturated heterocycles. The fraction of sp³-hybridized carbons (Fsp3) is 0.312. The number of nitrogens with zero attached hydrogens (tertiary/aromatic N) is 6. The summed E-state index contributed by atoms with van der Waals surface area (Å²) in [5, 5.41) is 6.63. The van der Waals surface area contributed by atoms with E-state index in [4.69, 9.17) is 9.84 Å². The van der Waals surface area contributed by atoms with Crippen molar-refractivity contribution in [1.29, 1.82) is 0 Å². The van der Waals surface area contributed by atoms with Crippen LogP contribution in [0.4, 0.5) is 0 Å². The van der Waals surface area contributed by atoms with Gasteiger partial charge in [-0.1, -0.05) is 0 Å². The molecule has 0 radical (unpaired) electrons. The molecule has 0 aromatic carbocycles. The van der Waals surface area contributed by atoms with Crippen molar-refractivity contribution in [3.63, 3.8) is 0 Å². The van der Waals surface area contributed by atoms with E-state index in [1.807, 2.05) is 11.7 Å². The molecular formula is C16H15N7O. The van der Waals surface area contributed by atoms with Crippen LogP contribution in [0.5, 0.6) is 5.88 Å². The third-order valence-electron chi connectivity index (χ3n) is 4.50. The van der Waals surface area contributed by atoms with Gasteiger partial charge in [-0.25, -0.2) is 19.9 Å². The van der Waals surface area contributed by atoms with Crippen LogP contribution in [0, 0.1) is 0 Å². The lowest BCUT2D eigenvalue weighted by molar-refractivity contribution is 0.397. The van der Waals surface area contributed by atoms with E-state index >= 15 is 0 Å². The minimum absolute atomic E-state index is 0.454. The van der Waals surface area contributed by atoms with Crippen molar-refractivity contribution in [2.45, 2.75) is 18.8 Å². The first kappa shape index (κ1) is 13.4. The molecule has 8 heteroatoms. The number of nitrogens with one attached hydrogen (secondary N) is 1. The van der Waals surface area contributed by atoms with Gasteiger partial charge in [-0.2, -0.15) is 5.10 Å². The molecule has 0 spiro atoms. The van der Waals surface area contributed by atoms with Crippen molar-refractivity contribution < 1.29 is 4.74 Å². The molecule has 8 nitrogen and oxygen atoms in total. The zero-order chi connectivity index (χ0) is 16.3. The van der Waals surface area contributed by atoms with Crippen molar-refractivity contribution in [2.24, 2.45) is 7.05 Å². The minimum Gasteiger partial charge on any atom is -0.480 e. The Bertz CT molecular complexity index is 1080. The first-order valence-electron chi connectivity index (χ1n) is 7.81. The van der Waals surface area contributed by atoms with E-state index in [0.29, 0.717) is 11.8 Å². The van der Waals surface area contributed by atoms with Crippen molar-refractivity contribution in [2.75, 3.05) is 7.11 Å². The number of ether oxygens (including phenoxy) is 1. The monoisotopic (exact) mass is 321 g/mol. The van der Waals surface area contributed by atoms with E-state index in [0.717, 1.165) is 51.9 Å². The standard InChI is InChI=1S/C16H15N7O/c1-23-15-10(9-5-17-6-19-14(9)21-15)13(22-23)11-12(8-3-4-8)18-7-20-16(11)24-2/h5-8H,3-4H2,1-2H3,(H,17,19,21). The Morgan fingerprint density at radius 2 is 2.08 bits per heavy atom. The number of aryl methyl sites for hydroxylation is 1. The highest BCUT2D eigenvalue weighted by Gasteiger charge is 2.32. The van der Waals surface area contributed by atoms with E-state index in [2.05, 4.69) is 24.9 Å². The van der Waals surface area contributed by atoms with E-state index < -0.39 is 0 Å². The summed E-state index contributed by atoms with van der Waals surface area (Å²) in [7, 11) is 3.53. The first-order valence-corrected chi connectivity index (χ1v) is 7.81. The predicted molar refractivity (Wildman–Crippen MR) is 87.7 cm³/mol. The Morgan fingerprint density at radius 1 is 1.21 bits per heavy atom. The van der Waals surface area contributed by atoms with Gasteiger partial charge in [0, 0.05) is 24.5 Å². The lowest BCUT2D eigenvalue weighted by Gasteiger charge is -2.09. The zero-order valence-corrected chi connectivity index (χ0v) is 13.3. The van der Waals surface area contributed by atoms with Crippen LogP contribution in [-0.4, -0.2) is 41.8 Å². The van der Waals surface area contributed by atoms with Crippen LogP contribution in [0.3, 0.4) is 0 Å². The highest BCUT2D eigenvalue weighted by molar-refractivity contribution is 6.11. The summed E-state index contributed by atoms with van der Waals surface area (Å²) in [6, 6.07) is 0. The highest BCUT2D eigenvalue weighted by Crippen LogP contribution is 2.47. The van der Waals surface area contributed by atoms with Crippen LogP contribution in [0.15, 0.2) is 18.9 Å². The second-order valence-electron chi connectivity index (χ2n) is 6.02. The van der Waals surface area contributed by atoms with Gasteiger partial charge in [0.1, 0.15) is 29.6 Å². The van der Waals surface area contributed by atoms with Crippen molar-refractivity contribution in [3.05, 3.63) is 24.5 Å². The third kappa shape index (κ3) is 1.76. The first-order chi connectivity index (χ1) is 11.8. The summed E-state index contributed by atoms with van der Waals surface area (Å²) >= 11 is 0. The van der Waals surface area contributed by atoms with E-state index in [1.54, 1.807) is 19.6 Å². The maximum atomic E-state index is 5.52. The molecule has 0 bridgehead atoms. The molecule has 0 aliphatic heterocycles. The topological polar surface area (TPSA) is 94.4 Å². The summed E-state index contributed by atoms with van der Waals surface area (Å²) in [6.45, 7) is 0. The number of rotatable bonds is 3. The molecule has 120 valence electrons. The quantitative estimate of drug-likeness (QED) is 0.621. The average Bonchev–Trinajstić information content (AvgIpc) is 3.31. The normalized spacial score (nSPS) is 14.6. The van der Waals surface area contributed by atoms with Gasteiger partial charge in [0.2, 0.25) is 5.88 Å². The van der Waals surface area contributed by atoms with Gasteiger partial charge in [-0.3, -0.25) is 4.68 Å². The number of hydrogen-bond donors (Lipinski definition) is 1. The lowest BCUT2D eigenvalue weighted by Crippen LogP contribution is -2.00. The fourth-order valence-corrected chi connectivity index (χ4v) is 3.25. The smallest absolute Gasteiger partial charge is 0.226 e. The second-order valence-corrected chi connectivity index (χ2v) is 6.02. The Morgan fingerprint density at radius 3 is 2.88 bits per heavy atom. The van der Waals surface area contributed by atoms with Gasteiger partial charge in [0.05, 0.1) is 23.8 Å². The summed E-state index contributed by atoms with van der Waals surface area (Å²) in [5.74, 6) is 1.01. The number of aromatic amines is 1. The molecule has 4 heterocycles. The lowest BCUT2D eigenvalue weighted by atomic mass is 10.1. The SMILES string of the molecule is COc1ncnc(C2CC2)c1-c1nn(C)c2[nH]c3ncncc3c12. The molecule has 1 aliphatic carbocycles. The molecule has 4 aromatic rings. The molecule has 24 heavy (non-hydrogen) atoms. The number of hydrogen-bond acceptors (Lipinski definition) is 6. The van der Waals surface area contributed by atoms with Crippen molar-refractivity contribution in [3.8, 4) is 17.1 Å². The van der Waals surface area contributed by atoms with Gasteiger partial charge in [0.25, 0.3) is 0 Å². The highest BCUT2D eigenvalue weighted by atomic mass is 16.5. The van der Waals surface area contributed by atoms with Crippen molar-refractivity contribution in [1.82, 2.24) is 34.7 Å². The van der Waals surface area contributed by atoms with Crippen LogP contribution in [-0.2, 0) is 7.05 Å². The fourth-order valence-electron chi connectivity index (χ4n) is 3.25. The maximum absolute atomic E-state index is 5.52. The van der Waals surface area contributed by atoms with Gasteiger partial charge in [-0.05, 0) is 12.8 Å². The van der Waals surface area contributed by atoms with Crippen LogP contribution in [0.1, 0.15) is 24.5 Å². The van der Waals surface area contributed by atoms with Crippen LogP contribution in [0.2, 0.25) is 0 Å². The maximum Gasteiger partial charge on any atom is 0.226 e. The number of aromatic nitrogens is 7.